The molecule has 0 fully saturated rings. The molecule has 0 aliphatic rings. The van der Waals surface area contributed by atoms with Crippen LogP contribution in [0.2, 0.25) is 5.02 Å². The molecule has 3 aromatic rings. The van der Waals surface area contributed by atoms with Crippen molar-refractivity contribution in [2.75, 3.05) is 11.9 Å². The third-order valence-corrected chi connectivity index (χ3v) is 5.94. The van der Waals surface area contributed by atoms with Gasteiger partial charge in [0.2, 0.25) is 0 Å². The molecule has 0 aliphatic heterocycles. The molecule has 168 valence electrons. The first kappa shape index (κ1) is 23.4. The number of halogens is 1. The van der Waals surface area contributed by atoms with Crippen LogP contribution in [-0.4, -0.2) is 40.3 Å². The first-order valence-electron chi connectivity index (χ1n) is 9.76. The summed E-state index contributed by atoms with van der Waals surface area (Å²) in [5.74, 6) is 0.218. The highest BCUT2D eigenvalue weighted by atomic mass is 35.5. The monoisotopic (exact) mass is 467 g/mol. The van der Waals surface area contributed by atoms with Gasteiger partial charge in [-0.2, -0.15) is 8.42 Å². The van der Waals surface area contributed by atoms with Crippen LogP contribution in [0.5, 0.6) is 0 Å². The first-order chi connectivity index (χ1) is 14.6. The largest absolute Gasteiger partial charge is 0.388 e. The number of benzene rings is 1. The predicted octanol–water partition coefficient (Wildman–Crippen LogP) is 2.69. The average molecular weight is 468 g/mol. The van der Waals surface area contributed by atoms with Crippen molar-refractivity contribution in [3.05, 3.63) is 53.4 Å². The van der Waals surface area contributed by atoms with Crippen LogP contribution in [0, 0.1) is 5.92 Å². The van der Waals surface area contributed by atoms with Crippen LogP contribution in [0.4, 0.5) is 5.82 Å². The van der Waals surface area contributed by atoms with Crippen molar-refractivity contribution < 1.29 is 17.7 Å². The molecule has 0 saturated heterocycles. The minimum atomic E-state index is -4.08. The Hall–Kier alpha value is -2.24. The Morgan fingerprint density at radius 2 is 2.00 bits per heavy atom. The Morgan fingerprint density at radius 1 is 1.29 bits per heavy atom. The summed E-state index contributed by atoms with van der Waals surface area (Å²) in [4.78, 5) is 8.69. The van der Waals surface area contributed by atoms with Crippen molar-refractivity contribution in [3.8, 4) is 0 Å². The minimum Gasteiger partial charge on any atom is -0.388 e. The van der Waals surface area contributed by atoms with Crippen molar-refractivity contribution in [1.82, 2.24) is 14.5 Å². The van der Waals surface area contributed by atoms with Gasteiger partial charge in [0, 0.05) is 23.7 Å². The molecule has 0 saturated carbocycles. The molecule has 0 aliphatic carbocycles. The van der Waals surface area contributed by atoms with E-state index in [1.165, 1.54) is 6.33 Å². The lowest BCUT2D eigenvalue weighted by atomic mass is 9.87. The lowest BCUT2D eigenvalue weighted by Gasteiger charge is -2.32. The fourth-order valence-corrected chi connectivity index (χ4v) is 3.93. The number of aliphatic hydroxyl groups is 1. The number of aromatic nitrogens is 3. The molecule has 1 aromatic carbocycles. The molecular formula is C20H26ClN5O4S. The first-order valence-corrected chi connectivity index (χ1v) is 11.6. The molecular weight excluding hydrogens is 442 g/mol. The maximum Gasteiger partial charge on any atom is 0.333 e. The third-order valence-electron chi connectivity index (χ3n) is 5.23. The van der Waals surface area contributed by atoms with Gasteiger partial charge in [-0.15, -0.1) is 0 Å². The summed E-state index contributed by atoms with van der Waals surface area (Å²) in [5, 5.41) is 20.7. The number of anilines is 1. The molecule has 0 amide bonds. The summed E-state index contributed by atoms with van der Waals surface area (Å²) in [6, 6.07) is 9.40. The summed E-state index contributed by atoms with van der Waals surface area (Å²) < 4.78 is 28.8. The summed E-state index contributed by atoms with van der Waals surface area (Å²) >= 11 is 5.93. The third kappa shape index (κ3) is 6.14. The normalized spacial score (nSPS) is 15.0. The standard InChI is InChI=1S/C20H26ClN5O4S/c1-3-15(11-30-31(22,28)29)20(2,27)12-26-9-8-17-18(24-13-25-19(17)26)23-10-14-4-6-16(21)7-5-14/h4-9,13,15,27H,3,10-12H2,1-2H3,(H2,22,28,29)(H,23,24,25)/t15-,20-/m0/s1. The molecule has 2 aromatic heterocycles. The van der Waals surface area contributed by atoms with Crippen LogP contribution in [0.1, 0.15) is 25.8 Å². The molecule has 9 nitrogen and oxygen atoms in total. The van der Waals surface area contributed by atoms with Gasteiger partial charge in [0.25, 0.3) is 0 Å². The molecule has 2 heterocycles. The SMILES string of the molecule is CC[C@@H](COS(N)(=O)=O)[C@@](C)(O)Cn1ccc2c(NCc3ccc(Cl)cc3)ncnc21. The van der Waals surface area contributed by atoms with Gasteiger partial charge < -0.3 is 15.0 Å². The topological polar surface area (TPSA) is 132 Å². The quantitative estimate of drug-likeness (QED) is 0.417. The fraction of sp³-hybridized carbons (Fsp3) is 0.400. The van der Waals surface area contributed by atoms with E-state index in [2.05, 4.69) is 15.3 Å². The van der Waals surface area contributed by atoms with Gasteiger partial charge in [0.1, 0.15) is 17.8 Å². The van der Waals surface area contributed by atoms with Crippen molar-refractivity contribution in [3.63, 3.8) is 0 Å². The zero-order valence-electron chi connectivity index (χ0n) is 17.3. The number of hydrogen-bond acceptors (Lipinski definition) is 7. The van der Waals surface area contributed by atoms with E-state index in [1.54, 1.807) is 6.92 Å². The lowest BCUT2D eigenvalue weighted by molar-refractivity contribution is -0.0331. The zero-order valence-corrected chi connectivity index (χ0v) is 18.9. The Labute approximate surface area is 186 Å². The molecule has 31 heavy (non-hydrogen) atoms. The van der Waals surface area contributed by atoms with Crippen LogP contribution < -0.4 is 10.5 Å². The number of fused-ring (bicyclic) bond motifs is 1. The van der Waals surface area contributed by atoms with Crippen molar-refractivity contribution in [1.29, 1.82) is 0 Å². The number of nitrogens with zero attached hydrogens (tertiary/aromatic N) is 3. The maximum absolute atomic E-state index is 11.1. The van der Waals surface area contributed by atoms with E-state index in [4.69, 9.17) is 20.9 Å². The van der Waals surface area contributed by atoms with Crippen molar-refractivity contribution >= 4 is 38.8 Å². The van der Waals surface area contributed by atoms with Gasteiger partial charge in [-0.1, -0.05) is 30.7 Å². The van der Waals surface area contributed by atoms with Gasteiger partial charge in [-0.3, -0.25) is 4.18 Å². The molecule has 11 heteroatoms. The van der Waals surface area contributed by atoms with Crippen LogP contribution >= 0.6 is 11.6 Å². The van der Waals surface area contributed by atoms with Crippen molar-refractivity contribution in [2.45, 2.75) is 39.0 Å². The van der Waals surface area contributed by atoms with E-state index < -0.39 is 21.8 Å². The molecule has 0 spiro atoms. The second-order valence-electron chi connectivity index (χ2n) is 7.62. The van der Waals surface area contributed by atoms with E-state index in [-0.39, 0.29) is 13.2 Å². The smallest absolute Gasteiger partial charge is 0.333 e. The number of nitrogens with two attached hydrogens (primary N) is 1. The van der Waals surface area contributed by atoms with Crippen molar-refractivity contribution in [2.24, 2.45) is 11.1 Å². The fourth-order valence-electron chi connectivity index (χ4n) is 3.45. The summed E-state index contributed by atoms with van der Waals surface area (Å²) in [6.45, 7) is 4.04. The van der Waals surface area contributed by atoms with Crippen LogP contribution in [0.3, 0.4) is 0 Å². The number of rotatable bonds is 10. The number of hydrogen-bond donors (Lipinski definition) is 3. The molecule has 4 N–H and O–H groups in total. The zero-order chi connectivity index (χ0) is 22.6. The van der Waals surface area contributed by atoms with E-state index >= 15 is 0 Å². The Morgan fingerprint density at radius 3 is 2.65 bits per heavy atom. The van der Waals surface area contributed by atoms with Gasteiger partial charge in [0.15, 0.2) is 0 Å². The highest BCUT2D eigenvalue weighted by Gasteiger charge is 2.33. The van der Waals surface area contributed by atoms with Crippen LogP contribution in [0.25, 0.3) is 11.0 Å². The average Bonchev–Trinajstić information content (AvgIpc) is 3.10. The molecule has 2 atom stereocenters. The second-order valence-corrected chi connectivity index (χ2v) is 9.28. The predicted molar refractivity (Wildman–Crippen MR) is 120 cm³/mol. The lowest BCUT2D eigenvalue weighted by Crippen LogP contribution is -2.41. The second kappa shape index (κ2) is 9.49. The molecule has 3 rings (SSSR count). The highest BCUT2D eigenvalue weighted by molar-refractivity contribution is 7.84. The van der Waals surface area contributed by atoms with Crippen LogP contribution in [-0.2, 0) is 27.6 Å². The Kier molecular flexibility index (Phi) is 7.17. The van der Waals surface area contributed by atoms with Gasteiger partial charge >= 0.3 is 10.3 Å². The minimum absolute atomic E-state index is 0.191. The summed E-state index contributed by atoms with van der Waals surface area (Å²) in [7, 11) is -4.08. The van der Waals surface area contributed by atoms with E-state index in [9.17, 15) is 13.5 Å². The van der Waals surface area contributed by atoms with E-state index in [0.29, 0.717) is 29.5 Å². The molecule has 0 radical (unpaired) electrons. The summed E-state index contributed by atoms with van der Waals surface area (Å²) in [5.41, 5.74) is 0.447. The highest BCUT2D eigenvalue weighted by Crippen LogP contribution is 2.27. The molecule has 0 unspecified atom stereocenters. The van der Waals surface area contributed by atoms with E-state index in [1.807, 2.05) is 48.0 Å². The van der Waals surface area contributed by atoms with E-state index in [0.717, 1.165) is 10.9 Å². The van der Waals surface area contributed by atoms with Crippen LogP contribution in [0.15, 0.2) is 42.9 Å². The molecule has 0 bridgehead atoms. The van der Waals surface area contributed by atoms with Gasteiger partial charge in [0.05, 0.1) is 24.1 Å². The Balaban J connectivity index is 1.77. The number of nitrogens with one attached hydrogen (secondary N) is 1. The summed E-state index contributed by atoms with van der Waals surface area (Å²) in [6.07, 6.45) is 3.78. The van der Waals surface area contributed by atoms with Gasteiger partial charge in [-0.05, 0) is 37.1 Å². The Bertz CT molecular complexity index is 1130. The maximum atomic E-state index is 11.1. The van der Waals surface area contributed by atoms with Gasteiger partial charge in [-0.25, -0.2) is 15.1 Å².